The van der Waals surface area contributed by atoms with Crippen LogP contribution < -0.4 is 5.32 Å². The molecule has 2 fully saturated rings. The number of carbonyl (C=O) groups excluding carboxylic acids is 3. The molecule has 0 radical (unpaired) electrons. The number of hydrogen-bond donors (Lipinski definition) is 1. The summed E-state index contributed by atoms with van der Waals surface area (Å²) >= 11 is 0. The maximum Gasteiger partial charge on any atom is 0.307 e. The largest absolute Gasteiger partial charge is 0.463 e. The smallest absolute Gasteiger partial charge is 0.307 e. The maximum absolute atomic E-state index is 12.8. The summed E-state index contributed by atoms with van der Waals surface area (Å²) in [6.07, 6.45) is 22.6. The van der Waals surface area contributed by atoms with E-state index in [-0.39, 0.29) is 43.4 Å². The van der Waals surface area contributed by atoms with Gasteiger partial charge in [-0.05, 0) is 58.8 Å². The Bertz CT molecular complexity index is 855. The number of likely N-dealkylation sites (tertiary alicyclic amines) is 1. The van der Waals surface area contributed by atoms with E-state index in [1.165, 1.54) is 64.2 Å². The molecule has 2 amide bonds. The SMILES string of the molecule is CCCCCCCC/C=C\CCCCCCCC(=O)N1CCC[C@H]1COC(=O)CCNC(=O)C1OC(C)(C)OCC1(C)C. The Balaban J connectivity index is 1.51. The molecule has 2 heterocycles. The summed E-state index contributed by atoms with van der Waals surface area (Å²) < 4.78 is 17.0. The number of ether oxygens (including phenoxy) is 3. The number of carbonyl (C=O) groups is 3. The Morgan fingerprint density at radius 1 is 0.884 bits per heavy atom. The third-order valence-electron chi connectivity index (χ3n) is 8.56. The van der Waals surface area contributed by atoms with Gasteiger partial charge in [0, 0.05) is 24.9 Å². The van der Waals surface area contributed by atoms with Gasteiger partial charge in [-0.2, -0.15) is 0 Å². The molecule has 0 saturated carbocycles. The Morgan fingerprint density at radius 2 is 1.51 bits per heavy atom. The van der Waals surface area contributed by atoms with Gasteiger partial charge in [-0.1, -0.05) is 84.3 Å². The molecule has 0 spiro atoms. The topological polar surface area (TPSA) is 94.2 Å². The fourth-order valence-corrected chi connectivity index (χ4v) is 5.79. The van der Waals surface area contributed by atoms with E-state index in [0.29, 0.717) is 13.0 Å². The number of unbranched alkanes of at least 4 members (excludes halogenated alkanes) is 11. The Morgan fingerprint density at radius 3 is 2.19 bits per heavy atom. The maximum atomic E-state index is 12.8. The summed E-state index contributed by atoms with van der Waals surface area (Å²) in [5, 5.41) is 2.81. The molecule has 2 saturated heterocycles. The van der Waals surface area contributed by atoms with Crippen molar-refractivity contribution in [1.82, 2.24) is 10.2 Å². The van der Waals surface area contributed by atoms with Crippen LogP contribution in [0.2, 0.25) is 0 Å². The van der Waals surface area contributed by atoms with Gasteiger partial charge in [0.1, 0.15) is 12.7 Å². The zero-order valence-electron chi connectivity index (χ0n) is 28.1. The van der Waals surface area contributed by atoms with Crippen LogP contribution in [-0.4, -0.2) is 66.9 Å². The molecule has 248 valence electrons. The van der Waals surface area contributed by atoms with Gasteiger partial charge in [0.15, 0.2) is 5.79 Å². The van der Waals surface area contributed by atoms with Crippen LogP contribution in [0.15, 0.2) is 12.2 Å². The van der Waals surface area contributed by atoms with Gasteiger partial charge < -0.3 is 24.4 Å². The Labute approximate surface area is 262 Å². The first kappa shape index (κ1) is 37.3. The van der Waals surface area contributed by atoms with E-state index in [0.717, 1.165) is 38.6 Å². The molecule has 0 aromatic rings. The molecule has 2 aliphatic rings. The highest BCUT2D eigenvalue weighted by Crippen LogP contribution is 2.34. The lowest BCUT2D eigenvalue weighted by Crippen LogP contribution is -2.56. The Hall–Kier alpha value is -1.93. The number of nitrogens with one attached hydrogen (secondary N) is 1. The van der Waals surface area contributed by atoms with Crippen molar-refractivity contribution in [1.29, 1.82) is 0 Å². The van der Waals surface area contributed by atoms with Crippen LogP contribution in [0.5, 0.6) is 0 Å². The lowest BCUT2D eigenvalue weighted by atomic mass is 9.85. The zero-order chi connectivity index (χ0) is 31.6. The molecule has 1 N–H and O–H groups in total. The molecule has 0 aliphatic carbocycles. The van der Waals surface area contributed by atoms with Crippen molar-refractivity contribution in [3.63, 3.8) is 0 Å². The van der Waals surface area contributed by atoms with Crippen molar-refractivity contribution in [3.05, 3.63) is 12.2 Å². The van der Waals surface area contributed by atoms with Gasteiger partial charge in [0.2, 0.25) is 11.8 Å². The van der Waals surface area contributed by atoms with Gasteiger partial charge in [-0.25, -0.2) is 0 Å². The second-order valence-electron chi connectivity index (χ2n) is 13.6. The first-order chi connectivity index (χ1) is 20.6. The molecule has 2 rings (SSSR count). The third-order valence-corrected chi connectivity index (χ3v) is 8.56. The molecule has 43 heavy (non-hydrogen) atoms. The number of rotatable bonds is 21. The highest BCUT2D eigenvalue weighted by molar-refractivity contribution is 5.82. The van der Waals surface area contributed by atoms with Crippen LogP contribution in [0.3, 0.4) is 0 Å². The average molecular weight is 607 g/mol. The molecule has 0 aromatic carbocycles. The molecule has 0 bridgehead atoms. The number of hydrogen-bond acceptors (Lipinski definition) is 6. The van der Waals surface area contributed by atoms with Crippen LogP contribution in [0.4, 0.5) is 0 Å². The molecule has 8 nitrogen and oxygen atoms in total. The van der Waals surface area contributed by atoms with Gasteiger partial charge in [-0.3, -0.25) is 14.4 Å². The number of amides is 2. The number of nitrogens with zero attached hydrogens (tertiary/aromatic N) is 1. The summed E-state index contributed by atoms with van der Waals surface area (Å²) in [5.41, 5.74) is -0.470. The minimum absolute atomic E-state index is 0.0483. The molecule has 0 aromatic heterocycles. The zero-order valence-corrected chi connectivity index (χ0v) is 28.1. The lowest BCUT2D eigenvalue weighted by Gasteiger charge is -2.44. The van der Waals surface area contributed by atoms with Crippen molar-refractivity contribution in [3.8, 4) is 0 Å². The molecular weight excluding hydrogens is 544 g/mol. The summed E-state index contributed by atoms with van der Waals surface area (Å²) in [5.74, 6) is -1.28. The fraction of sp³-hybridized carbons (Fsp3) is 0.857. The predicted molar refractivity (Wildman–Crippen MR) is 171 cm³/mol. The minimum atomic E-state index is -0.828. The number of esters is 1. The van der Waals surface area contributed by atoms with Crippen LogP contribution in [-0.2, 0) is 28.6 Å². The van der Waals surface area contributed by atoms with E-state index in [9.17, 15) is 14.4 Å². The fourth-order valence-electron chi connectivity index (χ4n) is 5.79. The summed E-state index contributed by atoms with van der Waals surface area (Å²) in [4.78, 5) is 39.8. The van der Waals surface area contributed by atoms with Crippen molar-refractivity contribution in [2.24, 2.45) is 5.41 Å². The number of allylic oxidation sites excluding steroid dienone is 2. The van der Waals surface area contributed by atoms with Crippen LogP contribution in [0.1, 0.15) is 144 Å². The quantitative estimate of drug-likeness (QED) is 0.0841. The van der Waals surface area contributed by atoms with Crippen LogP contribution in [0, 0.1) is 5.41 Å². The standard InChI is InChI=1S/C35H62N2O6/c1-6-7-8-9-10-11-12-13-14-15-16-17-18-19-20-23-30(38)37-26-21-22-29(37)27-41-31(39)24-25-36-33(40)32-34(2,3)28-42-35(4,5)43-32/h13-14,29,32H,6-12,15-28H2,1-5H3,(H,36,40)/b14-13-/t29-,32?/m0/s1. The molecule has 1 unspecified atom stereocenters. The molecule has 2 aliphatic heterocycles. The van der Waals surface area contributed by atoms with E-state index in [2.05, 4.69) is 24.4 Å². The second kappa shape index (κ2) is 20.2. The highest BCUT2D eigenvalue weighted by Gasteiger charge is 2.45. The monoisotopic (exact) mass is 606 g/mol. The summed E-state index contributed by atoms with van der Waals surface area (Å²) in [6, 6.07) is -0.0483. The first-order valence-electron chi connectivity index (χ1n) is 17.3. The van der Waals surface area contributed by atoms with Gasteiger partial charge in [-0.15, -0.1) is 0 Å². The predicted octanol–water partition coefficient (Wildman–Crippen LogP) is 7.24. The minimum Gasteiger partial charge on any atom is -0.463 e. The highest BCUT2D eigenvalue weighted by atomic mass is 16.7. The van der Waals surface area contributed by atoms with Crippen molar-refractivity contribution in [2.45, 2.75) is 162 Å². The van der Waals surface area contributed by atoms with E-state index in [1.807, 2.05) is 18.7 Å². The molecule has 8 heteroatoms. The van der Waals surface area contributed by atoms with E-state index in [1.54, 1.807) is 13.8 Å². The van der Waals surface area contributed by atoms with Gasteiger partial charge >= 0.3 is 5.97 Å². The first-order valence-corrected chi connectivity index (χ1v) is 17.3. The molecular formula is C35H62N2O6. The Kier molecular flexibility index (Phi) is 17.5. The van der Waals surface area contributed by atoms with Crippen LogP contribution in [0.25, 0.3) is 0 Å². The van der Waals surface area contributed by atoms with Crippen molar-refractivity contribution >= 4 is 17.8 Å². The van der Waals surface area contributed by atoms with Crippen LogP contribution >= 0.6 is 0 Å². The van der Waals surface area contributed by atoms with Crippen molar-refractivity contribution in [2.75, 3.05) is 26.3 Å². The normalized spacial score (nSPS) is 21.3. The van der Waals surface area contributed by atoms with Gasteiger partial charge in [0.05, 0.1) is 19.1 Å². The second-order valence-corrected chi connectivity index (χ2v) is 13.6. The van der Waals surface area contributed by atoms with Crippen molar-refractivity contribution < 1.29 is 28.6 Å². The lowest BCUT2D eigenvalue weighted by molar-refractivity contribution is -0.304. The van der Waals surface area contributed by atoms with E-state index < -0.39 is 17.3 Å². The molecule has 2 atom stereocenters. The third kappa shape index (κ3) is 15.1. The van der Waals surface area contributed by atoms with Gasteiger partial charge in [0.25, 0.3) is 0 Å². The van der Waals surface area contributed by atoms with E-state index >= 15 is 0 Å². The average Bonchev–Trinajstić information content (AvgIpc) is 3.44. The summed E-state index contributed by atoms with van der Waals surface area (Å²) in [7, 11) is 0. The van der Waals surface area contributed by atoms with E-state index in [4.69, 9.17) is 14.2 Å². The summed E-state index contributed by atoms with van der Waals surface area (Å²) in [6.45, 7) is 11.2.